The van der Waals surface area contributed by atoms with Crippen molar-refractivity contribution in [2.24, 2.45) is 0 Å². The summed E-state index contributed by atoms with van der Waals surface area (Å²) in [4.78, 5) is 16.1. The van der Waals surface area contributed by atoms with E-state index >= 15 is 0 Å². The highest BCUT2D eigenvalue weighted by Crippen LogP contribution is 2.33. The number of nitrogens with zero attached hydrogens (tertiary/aromatic N) is 1. The van der Waals surface area contributed by atoms with Crippen molar-refractivity contribution in [3.05, 3.63) is 54.3 Å². The molecule has 4 rings (SSSR count). The van der Waals surface area contributed by atoms with E-state index in [0.29, 0.717) is 27.5 Å². The van der Waals surface area contributed by atoms with Crippen LogP contribution in [0.15, 0.2) is 53.1 Å². The molecule has 0 fully saturated rings. The number of rotatable bonds is 3. The summed E-state index contributed by atoms with van der Waals surface area (Å²) in [6, 6.07) is 13.1. The van der Waals surface area contributed by atoms with Crippen LogP contribution in [0.2, 0.25) is 0 Å². The molecule has 0 spiro atoms. The maximum absolute atomic E-state index is 11.6. The topological polar surface area (TPSA) is 61.6 Å². The SMILES string of the molecule is COC(=O)c1coc2cc(Oc3nc4ccccc4s3)ccc12. The molecule has 5 nitrogen and oxygen atoms in total. The number of hydrogen-bond donors (Lipinski definition) is 0. The van der Waals surface area contributed by atoms with Gasteiger partial charge in [0.1, 0.15) is 23.2 Å². The minimum atomic E-state index is -0.427. The van der Waals surface area contributed by atoms with Gasteiger partial charge in [-0.05, 0) is 24.3 Å². The molecule has 0 saturated heterocycles. The molecule has 0 bridgehead atoms. The fourth-order valence-electron chi connectivity index (χ4n) is 2.34. The van der Waals surface area contributed by atoms with Crippen molar-refractivity contribution in [1.29, 1.82) is 0 Å². The number of hydrogen-bond acceptors (Lipinski definition) is 6. The van der Waals surface area contributed by atoms with E-state index in [2.05, 4.69) is 4.98 Å². The second-order valence-corrected chi connectivity index (χ2v) is 5.84. The smallest absolute Gasteiger partial charge is 0.341 e. The van der Waals surface area contributed by atoms with Gasteiger partial charge in [-0.2, -0.15) is 0 Å². The van der Waals surface area contributed by atoms with Crippen LogP contribution in [0.5, 0.6) is 10.9 Å². The zero-order valence-electron chi connectivity index (χ0n) is 12.1. The average molecular weight is 325 g/mol. The first-order chi connectivity index (χ1) is 11.2. The standard InChI is InChI=1S/C17H11NO4S/c1-20-16(19)12-9-21-14-8-10(6-7-11(12)14)22-17-18-13-4-2-3-5-15(13)23-17/h2-9H,1H3. The van der Waals surface area contributed by atoms with Gasteiger partial charge in [-0.3, -0.25) is 0 Å². The van der Waals surface area contributed by atoms with Gasteiger partial charge in [0.25, 0.3) is 5.19 Å². The first kappa shape index (κ1) is 13.8. The molecule has 0 unspecified atom stereocenters. The third-order valence-electron chi connectivity index (χ3n) is 3.43. The Hall–Kier alpha value is -2.86. The summed E-state index contributed by atoms with van der Waals surface area (Å²) in [6.07, 6.45) is 1.39. The molecule has 0 amide bonds. The highest BCUT2D eigenvalue weighted by molar-refractivity contribution is 7.20. The Bertz CT molecular complexity index is 985. The lowest BCUT2D eigenvalue weighted by atomic mass is 10.2. The van der Waals surface area contributed by atoms with E-state index in [1.807, 2.05) is 24.3 Å². The summed E-state index contributed by atoms with van der Waals surface area (Å²) < 4.78 is 17.0. The van der Waals surface area contributed by atoms with Crippen molar-refractivity contribution in [1.82, 2.24) is 4.98 Å². The normalized spacial score (nSPS) is 11.0. The number of para-hydroxylation sites is 1. The summed E-state index contributed by atoms with van der Waals surface area (Å²) in [7, 11) is 1.34. The number of carbonyl (C=O) groups excluding carboxylic acids is 1. The molecule has 0 radical (unpaired) electrons. The van der Waals surface area contributed by atoms with Gasteiger partial charge in [0.05, 0.1) is 17.3 Å². The zero-order valence-corrected chi connectivity index (χ0v) is 12.9. The van der Waals surface area contributed by atoms with Crippen LogP contribution >= 0.6 is 11.3 Å². The molecule has 0 aliphatic rings. The Balaban J connectivity index is 1.68. The predicted octanol–water partition coefficient (Wildman–Crippen LogP) is 4.62. The number of aromatic nitrogens is 1. The van der Waals surface area contributed by atoms with Gasteiger partial charge in [-0.15, -0.1) is 0 Å². The van der Waals surface area contributed by atoms with Gasteiger partial charge >= 0.3 is 5.97 Å². The van der Waals surface area contributed by atoms with Gasteiger partial charge in [0.2, 0.25) is 0 Å². The highest BCUT2D eigenvalue weighted by Gasteiger charge is 2.15. The quantitative estimate of drug-likeness (QED) is 0.514. The number of esters is 1. The average Bonchev–Trinajstić information content (AvgIpc) is 3.16. The molecular weight excluding hydrogens is 314 g/mol. The lowest BCUT2D eigenvalue weighted by Crippen LogP contribution is -1.99. The van der Waals surface area contributed by atoms with E-state index in [1.54, 1.807) is 18.2 Å². The van der Waals surface area contributed by atoms with E-state index in [1.165, 1.54) is 24.7 Å². The van der Waals surface area contributed by atoms with Gasteiger partial charge in [-0.1, -0.05) is 23.5 Å². The third-order valence-corrected chi connectivity index (χ3v) is 4.35. The molecule has 0 aliphatic heterocycles. The molecule has 0 atom stereocenters. The molecule has 6 heteroatoms. The molecule has 2 heterocycles. The molecule has 4 aromatic rings. The Labute approximate surface area is 135 Å². The largest absolute Gasteiger partial charge is 0.465 e. The fraction of sp³-hybridized carbons (Fsp3) is 0.0588. The van der Waals surface area contributed by atoms with E-state index in [9.17, 15) is 4.79 Å². The van der Waals surface area contributed by atoms with E-state index < -0.39 is 5.97 Å². The van der Waals surface area contributed by atoms with Crippen molar-refractivity contribution >= 4 is 38.5 Å². The van der Waals surface area contributed by atoms with Crippen LogP contribution in [0.1, 0.15) is 10.4 Å². The van der Waals surface area contributed by atoms with E-state index in [0.717, 1.165) is 10.2 Å². The molecule has 0 aliphatic carbocycles. The number of methoxy groups -OCH3 is 1. The van der Waals surface area contributed by atoms with Crippen molar-refractivity contribution in [2.75, 3.05) is 7.11 Å². The summed E-state index contributed by atoms with van der Waals surface area (Å²) in [6.45, 7) is 0. The maximum Gasteiger partial charge on any atom is 0.341 e. The highest BCUT2D eigenvalue weighted by atomic mass is 32.1. The van der Waals surface area contributed by atoms with Crippen molar-refractivity contribution < 1.29 is 18.7 Å². The van der Waals surface area contributed by atoms with Gasteiger partial charge in [-0.25, -0.2) is 9.78 Å². The second kappa shape index (κ2) is 5.40. The van der Waals surface area contributed by atoms with Gasteiger partial charge < -0.3 is 13.9 Å². The molecule has 23 heavy (non-hydrogen) atoms. The van der Waals surface area contributed by atoms with Crippen LogP contribution in [0.3, 0.4) is 0 Å². The number of fused-ring (bicyclic) bond motifs is 2. The van der Waals surface area contributed by atoms with Crippen LogP contribution in [0.4, 0.5) is 0 Å². The Morgan fingerprint density at radius 1 is 1.22 bits per heavy atom. The molecular formula is C17H11NO4S. The van der Waals surface area contributed by atoms with E-state index in [4.69, 9.17) is 13.9 Å². The summed E-state index contributed by atoms with van der Waals surface area (Å²) in [5.74, 6) is 0.172. The number of benzene rings is 2. The summed E-state index contributed by atoms with van der Waals surface area (Å²) in [5.41, 5.74) is 1.86. The van der Waals surface area contributed by atoms with Crippen molar-refractivity contribution in [3.63, 3.8) is 0 Å². The second-order valence-electron chi connectivity index (χ2n) is 4.85. The van der Waals surface area contributed by atoms with Crippen LogP contribution in [0.25, 0.3) is 21.2 Å². The number of carbonyl (C=O) groups is 1. The number of furan rings is 1. The molecule has 0 saturated carbocycles. The predicted molar refractivity (Wildman–Crippen MR) is 87.2 cm³/mol. The van der Waals surface area contributed by atoms with Crippen LogP contribution in [-0.2, 0) is 4.74 Å². The Morgan fingerprint density at radius 3 is 2.91 bits per heavy atom. The number of thiazole rings is 1. The summed E-state index contributed by atoms with van der Waals surface area (Å²) >= 11 is 1.47. The maximum atomic E-state index is 11.6. The Morgan fingerprint density at radius 2 is 2.09 bits per heavy atom. The van der Waals surface area contributed by atoms with E-state index in [-0.39, 0.29) is 0 Å². The first-order valence-corrected chi connectivity index (χ1v) is 7.69. The lowest BCUT2D eigenvalue weighted by Gasteiger charge is -2.01. The number of ether oxygens (including phenoxy) is 2. The van der Waals surface area contributed by atoms with Gasteiger partial charge in [0.15, 0.2) is 0 Å². The first-order valence-electron chi connectivity index (χ1n) is 6.87. The van der Waals surface area contributed by atoms with Gasteiger partial charge in [0, 0.05) is 11.5 Å². The molecule has 114 valence electrons. The molecule has 0 N–H and O–H groups in total. The minimum Gasteiger partial charge on any atom is -0.465 e. The molecule has 2 aromatic carbocycles. The third kappa shape index (κ3) is 2.43. The fourth-order valence-corrected chi connectivity index (χ4v) is 3.17. The molecule has 2 aromatic heterocycles. The van der Waals surface area contributed by atoms with Crippen LogP contribution in [0, 0.1) is 0 Å². The van der Waals surface area contributed by atoms with Crippen LogP contribution in [-0.4, -0.2) is 18.1 Å². The monoisotopic (exact) mass is 325 g/mol. The minimum absolute atomic E-state index is 0.397. The van der Waals surface area contributed by atoms with Crippen molar-refractivity contribution in [2.45, 2.75) is 0 Å². The van der Waals surface area contributed by atoms with Crippen molar-refractivity contribution in [3.8, 4) is 10.9 Å². The zero-order chi connectivity index (χ0) is 15.8. The lowest BCUT2D eigenvalue weighted by molar-refractivity contribution is 0.0602. The summed E-state index contributed by atoms with van der Waals surface area (Å²) in [5, 5.41) is 1.25. The Kier molecular flexibility index (Phi) is 3.24. The van der Waals surface area contributed by atoms with Crippen LogP contribution < -0.4 is 4.74 Å².